The molecule has 0 saturated carbocycles. The Morgan fingerprint density at radius 2 is 1.80 bits per heavy atom. The largest absolute Gasteiger partial charge is 0.231 e. The third kappa shape index (κ3) is 3.57. The lowest BCUT2D eigenvalue weighted by Crippen LogP contribution is -2.18. The Morgan fingerprint density at radius 3 is 2.53 bits per heavy atom. The predicted octanol–water partition coefficient (Wildman–Crippen LogP) is 6.98. The quantitative estimate of drug-likeness (QED) is 0.347. The maximum absolute atomic E-state index is 13.5. The summed E-state index contributed by atoms with van der Waals surface area (Å²) in [5.74, 6) is -0.228. The molecule has 0 amide bonds. The number of hydrazone groups is 1. The van der Waals surface area contributed by atoms with Crippen molar-refractivity contribution in [1.82, 2.24) is 4.98 Å². The van der Waals surface area contributed by atoms with E-state index in [1.54, 1.807) is 22.7 Å². The zero-order valence-electron chi connectivity index (χ0n) is 16.7. The Morgan fingerprint density at radius 1 is 0.967 bits per heavy atom. The van der Waals surface area contributed by atoms with Crippen LogP contribution in [0.25, 0.3) is 11.3 Å². The molecule has 1 aliphatic heterocycles. The monoisotopic (exact) mass is 433 g/mol. The number of anilines is 1. The number of benzene rings is 2. The first-order chi connectivity index (χ1) is 14.6. The number of aromatic nitrogens is 1. The Kier molecular flexibility index (Phi) is 4.97. The number of hydrogen-bond donors (Lipinski definition) is 0. The molecule has 2 aromatic heterocycles. The summed E-state index contributed by atoms with van der Waals surface area (Å²) in [6.45, 7) is 4.23. The SMILES string of the molecule is Cc1ccc(-c2csc(N3N=C(c4ccsc4)CC3c3ccc(F)cc3)n2)cc1C. The number of thiophene rings is 1. The van der Waals surface area contributed by atoms with E-state index >= 15 is 0 Å². The highest BCUT2D eigenvalue weighted by atomic mass is 32.1. The second-order valence-corrected chi connectivity index (χ2v) is 9.11. The minimum absolute atomic E-state index is 0.000691. The number of nitrogens with zero attached hydrogens (tertiary/aromatic N) is 3. The van der Waals surface area contributed by atoms with Crippen molar-refractivity contribution < 1.29 is 4.39 Å². The van der Waals surface area contributed by atoms with Crippen LogP contribution in [0.3, 0.4) is 0 Å². The maximum atomic E-state index is 13.5. The van der Waals surface area contributed by atoms with Crippen LogP contribution in [-0.2, 0) is 0 Å². The molecule has 0 spiro atoms. The molecule has 30 heavy (non-hydrogen) atoms. The Labute approximate surface area is 183 Å². The molecule has 0 saturated heterocycles. The van der Waals surface area contributed by atoms with E-state index in [0.29, 0.717) is 0 Å². The Hall–Kier alpha value is -2.83. The summed E-state index contributed by atoms with van der Waals surface area (Å²) in [5, 5.41) is 14.0. The van der Waals surface area contributed by atoms with E-state index in [4.69, 9.17) is 10.1 Å². The number of hydrogen-bond acceptors (Lipinski definition) is 5. The molecule has 0 fully saturated rings. The molecule has 6 heteroatoms. The van der Waals surface area contributed by atoms with Crippen LogP contribution in [0.15, 0.2) is 69.8 Å². The van der Waals surface area contributed by atoms with Gasteiger partial charge in [-0.15, -0.1) is 11.3 Å². The lowest BCUT2D eigenvalue weighted by Gasteiger charge is -2.21. The van der Waals surface area contributed by atoms with Gasteiger partial charge in [0.25, 0.3) is 0 Å². The normalized spacial score (nSPS) is 16.2. The summed E-state index contributed by atoms with van der Waals surface area (Å²) < 4.78 is 13.5. The van der Waals surface area contributed by atoms with E-state index in [1.807, 2.05) is 17.1 Å². The van der Waals surface area contributed by atoms with Crippen LogP contribution in [0.4, 0.5) is 9.52 Å². The molecule has 4 aromatic rings. The fraction of sp³-hybridized carbons (Fsp3) is 0.167. The summed E-state index contributed by atoms with van der Waals surface area (Å²) in [7, 11) is 0. The van der Waals surface area contributed by atoms with Gasteiger partial charge in [-0.1, -0.05) is 24.3 Å². The summed E-state index contributed by atoms with van der Waals surface area (Å²) in [6.07, 6.45) is 0.765. The molecule has 1 unspecified atom stereocenters. The molecule has 5 rings (SSSR count). The average molecular weight is 434 g/mol. The van der Waals surface area contributed by atoms with Crippen LogP contribution < -0.4 is 5.01 Å². The van der Waals surface area contributed by atoms with Crippen molar-refractivity contribution in [2.45, 2.75) is 26.3 Å². The third-order valence-corrected chi connectivity index (χ3v) is 7.02. The van der Waals surface area contributed by atoms with Crippen molar-refractivity contribution in [3.8, 4) is 11.3 Å². The zero-order chi connectivity index (χ0) is 20.7. The highest BCUT2D eigenvalue weighted by molar-refractivity contribution is 7.14. The second kappa shape index (κ2) is 7.78. The van der Waals surface area contributed by atoms with Crippen LogP contribution >= 0.6 is 22.7 Å². The lowest BCUT2D eigenvalue weighted by molar-refractivity contribution is 0.624. The molecule has 0 N–H and O–H groups in total. The van der Waals surface area contributed by atoms with E-state index < -0.39 is 0 Å². The van der Waals surface area contributed by atoms with Crippen molar-refractivity contribution >= 4 is 33.5 Å². The van der Waals surface area contributed by atoms with Crippen molar-refractivity contribution in [3.63, 3.8) is 0 Å². The van der Waals surface area contributed by atoms with E-state index in [1.165, 1.54) is 23.3 Å². The molecule has 1 aliphatic rings. The first kappa shape index (κ1) is 19.2. The van der Waals surface area contributed by atoms with Crippen molar-refractivity contribution in [1.29, 1.82) is 0 Å². The van der Waals surface area contributed by atoms with Crippen molar-refractivity contribution in [2.75, 3.05) is 5.01 Å². The second-order valence-electron chi connectivity index (χ2n) is 7.49. The number of halogens is 1. The van der Waals surface area contributed by atoms with Crippen LogP contribution in [0.5, 0.6) is 0 Å². The van der Waals surface area contributed by atoms with E-state index in [2.05, 4.69) is 54.3 Å². The van der Waals surface area contributed by atoms with Gasteiger partial charge in [0, 0.05) is 22.9 Å². The van der Waals surface area contributed by atoms with Crippen LogP contribution in [0, 0.1) is 19.7 Å². The van der Waals surface area contributed by atoms with Gasteiger partial charge in [-0.25, -0.2) is 14.4 Å². The molecule has 0 bridgehead atoms. The van der Waals surface area contributed by atoms with Gasteiger partial charge < -0.3 is 0 Å². The number of thiazole rings is 1. The molecular weight excluding hydrogens is 413 g/mol. The molecule has 0 aliphatic carbocycles. The van der Waals surface area contributed by atoms with E-state index in [9.17, 15) is 4.39 Å². The topological polar surface area (TPSA) is 28.5 Å². The molecule has 1 atom stereocenters. The van der Waals surface area contributed by atoms with Gasteiger partial charge in [0.1, 0.15) is 5.82 Å². The van der Waals surface area contributed by atoms with Crippen LogP contribution in [0.1, 0.15) is 34.7 Å². The lowest BCUT2D eigenvalue weighted by atomic mass is 10.00. The minimum Gasteiger partial charge on any atom is -0.231 e. The smallest absolute Gasteiger partial charge is 0.207 e. The molecule has 0 radical (unpaired) electrons. The Balaban J connectivity index is 1.53. The predicted molar refractivity (Wildman–Crippen MR) is 124 cm³/mol. The van der Waals surface area contributed by atoms with Gasteiger partial charge in [0.15, 0.2) is 0 Å². The highest BCUT2D eigenvalue weighted by Gasteiger charge is 2.32. The third-order valence-electron chi connectivity index (χ3n) is 5.51. The van der Waals surface area contributed by atoms with Gasteiger partial charge in [-0.2, -0.15) is 16.4 Å². The van der Waals surface area contributed by atoms with Gasteiger partial charge in [-0.3, -0.25) is 0 Å². The Bertz CT molecular complexity index is 1210. The summed E-state index contributed by atoms with van der Waals surface area (Å²) in [4.78, 5) is 4.91. The highest BCUT2D eigenvalue weighted by Crippen LogP contribution is 2.39. The van der Waals surface area contributed by atoms with Crippen LogP contribution in [-0.4, -0.2) is 10.7 Å². The first-order valence-corrected chi connectivity index (χ1v) is 11.6. The van der Waals surface area contributed by atoms with Crippen LogP contribution in [0.2, 0.25) is 0 Å². The first-order valence-electron chi connectivity index (χ1n) is 9.76. The molecule has 150 valence electrons. The zero-order valence-corrected chi connectivity index (χ0v) is 18.3. The minimum atomic E-state index is -0.228. The summed E-state index contributed by atoms with van der Waals surface area (Å²) in [6, 6.07) is 15.2. The van der Waals surface area contributed by atoms with Crippen molar-refractivity contribution in [2.24, 2.45) is 5.10 Å². The number of rotatable bonds is 4. The van der Waals surface area contributed by atoms with Gasteiger partial charge in [0.05, 0.1) is 17.4 Å². The van der Waals surface area contributed by atoms with Gasteiger partial charge in [0.2, 0.25) is 5.13 Å². The average Bonchev–Trinajstić information content (AvgIpc) is 3.50. The fourth-order valence-corrected chi connectivity index (χ4v) is 5.14. The standard InChI is InChI=1S/C24H20FN3S2/c1-15-3-4-18(11-16(15)2)22-14-30-24(26-22)28-23(17-5-7-20(25)8-6-17)12-21(27-28)19-9-10-29-13-19/h3-11,13-14,23H,12H2,1-2H3. The van der Waals surface area contributed by atoms with Gasteiger partial charge >= 0.3 is 0 Å². The number of aryl methyl sites for hydroxylation is 2. The molecule has 2 aromatic carbocycles. The fourth-order valence-electron chi connectivity index (χ4n) is 3.64. The molecular formula is C24H20FN3S2. The molecule has 3 nitrogen and oxygen atoms in total. The summed E-state index contributed by atoms with van der Waals surface area (Å²) in [5.41, 5.74) is 7.80. The summed E-state index contributed by atoms with van der Waals surface area (Å²) >= 11 is 3.25. The maximum Gasteiger partial charge on any atom is 0.207 e. The van der Waals surface area contributed by atoms with E-state index in [0.717, 1.165) is 39.6 Å². The van der Waals surface area contributed by atoms with Crippen molar-refractivity contribution in [3.05, 3.63) is 92.7 Å². The molecule has 3 heterocycles. The van der Waals surface area contributed by atoms with Gasteiger partial charge in [-0.05, 0) is 65.6 Å². The van der Waals surface area contributed by atoms with E-state index in [-0.39, 0.29) is 11.9 Å².